The Balaban J connectivity index is 2.14. The number of H-pyrrole nitrogens is 1. The molecule has 134 valence electrons. The Bertz CT molecular complexity index is 1020. The van der Waals surface area contributed by atoms with Crippen LogP contribution in [0.15, 0.2) is 12.3 Å². The molecule has 3 rings (SSSR count). The molecule has 0 radical (unpaired) electrons. The van der Waals surface area contributed by atoms with Crippen LogP contribution in [-0.2, 0) is 4.74 Å². The average molecular weight is 368 g/mol. The number of nitrogens with zero attached hydrogens (tertiary/aromatic N) is 3. The molecule has 0 unspecified atom stereocenters. The fourth-order valence-electron chi connectivity index (χ4n) is 2.74. The molecule has 6 nitrogen and oxygen atoms in total. The summed E-state index contributed by atoms with van der Waals surface area (Å²) in [5.74, 6) is -0.123. The van der Waals surface area contributed by atoms with Crippen molar-refractivity contribution in [2.24, 2.45) is 0 Å². The van der Waals surface area contributed by atoms with Crippen molar-refractivity contribution in [3.8, 4) is 16.8 Å². The number of rotatable bonds is 4. The fraction of sp³-hybridized carbons (Fsp3) is 0.368. The molecule has 0 saturated heterocycles. The Hall–Kier alpha value is -2.72. The maximum atomic E-state index is 12.2. The number of aromatic nitrogens is 3. The van der Waals surface area contributed by atoms with Gasteiger partial charge in [-0.3, -0.25) is 0 Å². The maximum Gasteiger partial charge on any atom is 0.350 e. The van der Waals surface area contributed by atoms with E-state index in [2.05, 4.69) is 34.9 Å². The number of ether oxygens (including phenoxy) is 1. The third-order valence-electron chi connectivity index (χ3n) is 3.95. The number of carbonyl (C=O) groups excluding carboxylic acids is 1. The summed E-state index contributed by atoms with van der Waals surface area (Å²) < 4.78 is 5.29. The lowest BCUT2D eigenvalue weighted by atomic mass is 10.0. The van der Waals surface area contributed by atoms with E-state index in [4.69, 9.17) is 4.74 Å². The molecule has 0 aliphatic carbocycles. The second-order valence-corrected chi connectivity index (χ2v) is 7.68. The lowest BCUT2D eigenvalue weighted by molar-refractivity contribution is 0.0382. The predicted octanol–water partition coefficient (Wildman–Crippen LogP) is 4.56. The number of aryl methyl sites for hydroxylation is 1. The summed E-state index contributed by atoms with van der Waals surface area (Å²) >= 11 is 1.27. The van der Waals surface area contributed by atoms with Crippen molar-refractivity contribution in [1.29, 1.82) is 5.26 Å². The lowest BCUT2D eigenvalue weighted by Crippen LogP contribution is -2.11. The van der Waals surface area contributed by atoms with Crippen molar-refractivity contribution in [2.75, 3.05) is 0 Å². The van der Waals surface area contributed by atoms with Crippen molar-refractivity contribution >= 4 is 28.3 Å². The number of hydrogen-bond acceptors (Lipinski definition) is 6. The van der Waals surface area contributed by atoms with Crippen LogP contribution in [0, 0.1) is 18.3 Å². The summed E-state index contributed by atoms with van der Waals surface area (Å²) in [6, 6.07) is 4.14. The highest BCUT2D eigenvalue weighted by Gasteiger charge is 2.21. The first-order valence-electron chi connectivity index (χ1n) is 8.42. The number of hydrogen-bond donors (Lipinski definition) is 1. The van der Waals surface area contributed by atoms with Crippen molar-refractivity contribution in [3.63, 3.8) is 0 Å². The van der Waals surface area contributed by atoms with Crippen LogP contribution in [0.4, 0.5) is 0 Å². The number of aromatic amines is 1. The Morgan fingerprint density at radius 1 is 1.31 bits per heavy atom. The number of thiazole rings is 1. The molecule has 0 amide bonds. The van der Waals surface area contributed by atoms with E-state index in [1.807, 2.05) is 19.9 Å². The number of fused-ring (bicyclic) bond motifs is 1. The van der Waals surface area contributed by atoms with Crippen LogP contribution in [0.3, 0.4) is 0 Å². The summed E-state index contributed by atoms with van der Waals surface area (Å²) in [7, 11) is 0. The second-order valence-electron chi connectivity index (χ2n) is 6.68. The van der Waals surface area contributed by atoms with E-state index in [0.717, 1.165) is 11.1 Å². The van der Waals surface area contributed by atoms with Crippen LogP contribution < -0.4 is 0 Å². The van der Waals surface area contributed by atoms with E-state index < -0.39 is 0 Å². The second kappa shape index (κ2) is 6.89. The number of pyridine rings is 1. The van der Waals surface area contributed by atoms with Crippen molar-refractivity contribution < 1.29 is 9.53 Å². The van der Waals surface area contributed by atoms with Crippen molar-refractivity contribution in [1.82, 2.24) is 15.0 Å². The highest BCUT2D eigenvalue weighted by molar-refractivity contribution is 7.17. The number of esters is 1. The third kappa shape index (κ3) is 3.20. The van der Waals surface area contributed by atoms with E-state index in [-0.39, 0.29) is 18.0 Å². The fourth-order valence-corrected chi connectivity index (χ4v) is 3.65. The monoisotopic (exact) mass is 368 g/mol. The molecule has 0 fully saturated rings. The van der Waals surface area contributed by atoms with Gasteiger partial charge < -0.3 is 9.72 Å². The molecule has 0 saturated carbocycles. The molecule has 3 aromatic heterocycles. The first kappa shape index (κ1) is 18.1. The Kier molecular flexibility index (Phi) is 4.79. The standard InChI is InChI=1S/C19H20N4O2S/c1-9(2)13-6-14(23-15-12(7-20)8-21-16(13)15)18-22-11(5)17(26-18)19(24)25-10(3)4/h6,8-10,21H,1-5H3. The van der Waals surface area contributed by atoms with Crippen LogP contribution in [0.2, 0.25) is 0 Å². The van der Waals surface area contributed by atoms with Gasteiger partial charge in [0.25, 0.3) is 0 Å². The molecular formula is C19H20N4O2S. The van der Waals surface area contributed by atoms with Gasteiger partial charge in [0.2, 0.25) is 0 Å². The molecule has 1 N–H and O–H groups in total. The smallest absolute Gasteiger partial charge is 0.350 e. The first-order chi connectivity index (χ1) is 12.3. The first-order valence-corrected chi connectivity index (χ1v) is 9.24. The van der Waals surface area contributed by atoms with Gasteiger partial charge in [-0.2, -0.15) is 5.26 Å². The molecule has 0 aliphatic rings. The predicted molar refractivity (Wildman–Crippen MR) is 101 cm³/mol. The summed E-state index contributed by atoms with van der Waals surface area (Å²) in [6.07, 6.45) is 1.48. The molecule has 0 spiro atoms. The van der Waals surface area contributed by atoms with Crippen LogP contribution in [0.25, 0.3) is 21.7 Å². The van der Waals surface area contributed by atoms with Crippen LogP contribution in [-0.4, -0.2) is 27.0 Å². The van der Waals surface area contributed by atoms with Gasteiger partial charge in [-0.1, -0.05) is 13.8 Å². The molecule has 0 bridgehead atoms. The largest absolute Gasteiger partial charge is 0.459 e. The normalized spacial score (nSPS) is 11.3. The molecule has 0 aromatic carbocycles. The quantitative estimate of drug-likeness (QED) is 0.682. The van der Waals surface area contributed by atoms with Crippen molar-refractivity contribution in [3.05, 3.63) is 34.0 Å². The average Bonchev–Trinajstić information content (AvgIpc) is 3.16. The van der Waals surface area contributed by atoms with Gasteiger partial charge in [-0.05, 0) is 38.3 Å². The highest BCUT2D eigenvalue weighted by atomic mass is 32.1. The topological polar surface area (TPSA) is 91.7 Å². The molecular weight excluding hydrogens is 348 g/mol. The summed E-state index contributed by atoms with van der Waals surface area (Å²) in [5, 5.41) is 9.98. The molecule has 7 heteroatoms. The lowest BCUT2D eigenvalue weighted by Gasteiger charge is -2.09. The van der Waals surface area contributed by atoms with E-state index >= 15 is 0 Å². The van der Waals surface area contributed by atoms with Gasteiger partial charge in [0, 0.05) is 6.20 Å². The summed E-state index contributed by atoms with van der Waals surface area (Å²) in [5.41, 5.74) is 4.34. The third-order valence-corrected chi connectivity index (χ3v) is 5.11. The summed E-state index contributed by atoms with van der Waals surface area (Å²) in [4.78, 5) is 25.0. The SMILES string of the molecule is Cc1nc(-c2cc(C(C)C)c3[nH]cc(C#N)c3n2)sc1C(=O)OC(C)C. The zero-order valence-electron chi connectivity index (χ0n) is 15.4. The van der Waals surface area contributed by atoms with Crippen LogP contribution >= 0.6 is 11.3 Å². The van der Waals surface area contributed by atoms with E-state index in [0.29, 0.717) is 32.4 Å². The highest BCUT2D eigenvalue weighted by Crippen LogP contribution is 2.33. The zero-order chi connectivity index (χ0) is 19.0. The summed E-state index contributed by atoms with van der Waals surface area (Å²) in [6.45, 7) is 9.59. The van der Waals surface area contributed by atoms with Gasteiger partial charge >= 0.3 is 5.97 Å². The van der Waals surface area contributed by atoms with Gasteiger partial charge in [0.1, 0.15) is 27.2 Å². The Morgan fingerprint density at radius 3 is 2.65 bits per heavy atom. The van der Waals surface area contributed by atoms with E-state index in [1.54, 1.807) is 13.1 Å². The van der Waals surface area contributed by atoms with E-state index in [9.17, 15) is 10.1 Å². The Labute approximate surface area is 155 Å². The van der Waals surface area contributed by atoms with Gasteiger partial charge in [0.15, 0.2) is 0 Å². The number of nitrogens with one attached hydrogen (secondary N) is 1. The minimum atomic E-state index is -0.370. The van der Waals surface area contributed by atoms with Crippen LogP contribution in [0.1, 0.15) is 60.1 Å². The minimum absolute atomic E-state index is 0.187. The molecule has 0 atom stereocenters. The molecule has 26 heavy (non-hydrogen) atoms. The van der Waals surface area contributed by atoms with Gasteiger partial charge in [-0.15, -0.1) is 11.3 Å². The zero-order valence-corrected chi connectivity index (χ0v) is 16.2. The van der Waals surface area contributed by atoms with Gasteiger partial charge in [0.05, 0.1) is 22.9 Å². The Morgan fingerprint density at radius 2 is 2.04 bits per heavy atom. The molecule has 0 aliphatic heterocycles. The van der Waals surface area contributed by atoms with Crippen LogP contribution in [0.5, 0.6) is 0 Å². The minimum Gasteiger partial charge on any atom is -0.459 e. The molecule has 3 aromatic rings. The maximum absolute atomic E-state index is 12.2. The van der Waals surface area contributed by atoms with Gasteiger partial charge in [-0.25, -0.2) is 14.8 Å². The number of nitriles is 1. The van der Waals surface area contributed by atoms with Crippen molar-refractivity contribution in [2.45, 2.75) is 46.6 Å². The molecule has 3 heterocycles. The number of carbonyl (C=O) groups is 1. The van der Waals surface area contributed by atoms with E-state index in [1.165, 1.54) is 11.3 Å².